The zero-order valence-corrected chi connectivity index (χ0v) is 11.8. The molecule has 0 saturated carbocycles. The standard InChI is InChI=1S/C13H18ClN5/c1-18-12(14)8-15-13(18)9-19-4-2-10(3-5-19)11-6-16-17-7-11/h6-8,10H,2-5,9H2,1H3,(H,16,17). The van der Waals surface area contributed by atoms with E-state index in [4.69, 9.17) is 11.6 Å². The van der Waals surface area contributed by atoms with Crippen LogP contribution in [0.15, 0.2) is 18.6 Å². The molecule has 2 aromatic rings. The predicted octanol–water partition coefficient (Wildman–Crippen LogP) is 2.18. The van der Waals surface area contributed by atoms with Crippen LogP contribution in [-0.2, 0) is 13.6 Å². The molecule has 3 heterocycles. The highest BCUT2D eigenvalue weighted by Gasteiger charge is 2.22. The molecule has 1 saturated heterocycles. The van der Waals surface area contributed by atoms with Gasteiger partial charge in [0.1, 0.15) is 11.0 Å². The van der Waals surface area contributed by atoms with E-state index in [0.29, 0.717) is 11.1 Å². The molecule has 0 aliphatic carbocycles. The number of hydrogen-bond donors (Lipinski definition) is 1. The van der Waals surface area contributed by atoms with Crippen molar-refractivity contribution in [3.05, 3.63) is 35.1 Å². The van der Waals surface area contributed by atoms with Crippen LogP contribution in [0.5, 0.6) is 0 Å². The van der Waals surface area contributed by atoms with E-state index in [1.54, 1.807) is 6.20 Å². The van der Waals surface area contributed by atoms with E-state index in [0.717, 1.165) is 25.5 Å². The fourth-order valence-electron chi connectivity index (χ4n) is 2.68. The molecule has 1 aliphatic heterocycles. The lowest BCUT2D eigenvalue weighted by atomic mass is 9.91. The third-order valence-electron chi connectivity index (χ3n) is 3.97. The maximum Gasteiger partial charge on any atom is 0.128 e. The summed E-state index contributed by atoms with van der Waals surface area (Å²) in [6.45, 7) is 3.07. The van der Waals surface area contributed by atoms with Gasteiger partial charge in [0.25, 0.3) is 0 Å². The van der Waals surface area contributed by atoms with Gasteiger partial charge in [-0.05, 0) is 37.4 Å². The van der Waals surface area contributed by atoms with Crippen molar-refractivity contribution in [2.24, 2.45) is 7.05 Å². The van der Waals surface area contributed by atoms with Crippen LogP contribution in [0.3, 0.4) is 0 Å². The van der Waals surface area contributed by atoms with Gasteiger partial charge >= 0.3 is 0 Å². The monoisotopic (exact) mass is 279 g/mol. The summed E-state index contributed by atoms with van der Waals surface area (Å²) in [6.07, 6.45) is 8.03. The molecule has 1 fully saturated rings. The predicted molar refractivity (Wildman–Crippen MR) is 74.1 cm³/mol. The van der Waals surface area contributed by atoms with Crippen LogP contribution in [0.1, 0.15) is 30.1 Å². The summed E-state index contributed by atoms with van der Waals surface area (Å²) in [7, 11) is 1.96. The molecule has 0 spiro atoms. The summed E-state index contributed by atoms with van der Waals surface area (Å²) in [6, 6.07) is 0. The van der Waals surface area contributed by atoms with E-state index in [2.05, 4.69) is 20.1 Å². The smallest absolute Gasteiger partial charge is 0.128 e. The zero-order chi connectivity index (χ0) is 13.2. The average Bonchev–Trinajstić information content (AvgIpc) is 3.06. The Morgan fingerprint density at radius 3 is 2.74 bits per heavy atom. The van der Waals surface area contributed by atoms with E-state index in [-0.39, 0.29) is 0 Å². The second-order valence-electron chi connectivity index (χ2n) is 5.14. The molecule has 1 N–H and O–H groups in total. The molecule has 0 unspecified atom stereocenters. The van der Waals surface area contributed by atoms with Crippen LogP contribution in [-0.4, -0.2) is 37.7 Å². The quantitative estimate of drug-likeness (QED) is 0.937. The molecule has 0 aromatic carbocycles. The van der Waals surface area contributed by atoms with Crippen molar-refractivity contribution in [1.29, 1.82) is 0 Å². The molecule has 2 aromatic heterocycles. The van der Waals surface area contributed by atoms with E-state index < -0.39 is 0 Å². The minimum Gasteiger partial charge on any atom is -0.321 e. The largest absolute Gasteiger partial charge is 0.321 e. The van der Waals surface area contributed by atoms with Gasteiger partial charge in [-0.1, -0.05) is 11.6 Å². The van der Waals surface area contributed by atoms with Crippen molar-refractivity contribution < 1.29 is 0 Å². The van der Waals surface area contributed by atoms with Gasteiger partial charge in [0.2, 0.25) is 0 Å². The maximum atomic E-state index is 6.01. The third-order valence-corrected chi connectivity index (χ3v) is 4.32. The number of hydrogen-bond acceptors (Lipinski definition) is 3. The number of H-pyrrole nitrogens is 1. The Morgan fingerprint density at radius 1 is 1.37 bits per heavy atom. The number of piperidine rings is 1. The van der Waals surface area contributed by atoms with Crippen molar-refractivity contribution in [2.75, 3.05) is 13.1 Å². The number of nitrogens with zero attached hydrogens (tertiary/aromatic N) is 4. The Kier molecular flexibility index (Phi) is 3.57. The second kappa shape index (κ2) is 5.35. The molecule has 19 heavy (non-hydrogen) atoms. The maximum absolute atomic E-state index is 6.01. The first kappa shape index (κ1) is 12.7. The van der Waals surface area contributed by atoms with Gasteiger partial charge in [-0.15, -0.1) is 0 Å². The van der Waals surface area contributed by atoms with Gasteiger partial charge in [-0.25, -0.2) is 4.98 Å². The van der Waals surface area contributed by atoms with Gasteiger partial charge in [0.15, 0.2) is 0 Å². The SMILES string of the molecule is Cn1c(Cl)cnc1CN1CCC(c2cn[nH]c2)CC1. The number of imidazole rings is 1. The van der Waals surface area contributed by atoms with Crippen LogP contribution in [0.25, 0.3) is 0 Å². The van der Waals surface area contributed by atoms with Crippen LogP contribution in [0, 0.1) is 0 Å². The Hall–Kier alpha value is -1.33. The average molecular weight is 280 g/mol. The molecule has 0 amide bonds. The lowest BCUT2D eigenvalue weighted by Crippen LogP contribution is -2.33. The van der Waals surface area contributed by atoms with Gasteiger partial charge in [0.05, 0.1) is 18.9 Å². The lowest BCUT2D eigenvalue weighted by Gasteiger charge is -2.31. The Bertz CT molecular complexity index is 525. The topological polar surface area (TPSA) is 49.7 Å². The number of aromatic nitrogens is 4. The zero-order valence-electron chi connectivity index (χ0n) is 11.0. The van der Waals surface area contributed by atoms with Crippen molar-refractivity contribution in [2.45, 2.75) is 25.3 Å². The number of rotatable bonds is 3. The fourth-order valence-corrected chi connectivity index (χ4v) is 2.83. The molecule has 1 aliphatic rings. The second-order valence-corrected chi connectivity index (χ2v) is 5.53. The summed E-state index contributed by atoms with van der Waals surface area (Å²) in [4.78, 5) is 6.79. The summed E-state index contributed by atoms with van der Waals surface area (Å²) in [5, 5.41) is 7.63. The molecular weight excluding hydrogens is 262 g/mol. The number of aromatic amines is 1. The first-order valence-electron chi connectivity index (χ1n) is 6.61. The molecular formula is C13H18ClN5. The Labute approximate surface area is 117 Å². The van der Waals surface area contributed by atoms with Crippen LogP contribution >= 0.6 is 11.6 Å². The van der Waals surface area contributed by atoms with Gasteiger partial charge < -0.3 is 4.57 Å². The van der Waals surface area contributed by atoms with E-state index in [1.807, 2.05) is 24.0 Å². The molecule has 0 bridgehead atoms. The van der Waals surface area contributed by atoms with Crippen LogP contribution in [0.2, 0.25) is 5.15 Å². The summed E-state index contributed by atoms with van der Waals surface area (Å²) in [5.74, 6) is 1.67. The van der Waals surface area contributed by atoms with Crippen molar-refractivity contribution >= 4 is 11.6 Å². The van der Waals surface area contributed by atoms with Gasteiger partial charge in [0, 0.05) is 13.2 Å². The summed E-state index contributed by atoms with van der Waals surface area (Å²) in [5.41, 5.74) is 1.33. The van der Waals surface area contributed by atoms with Gasteiger partial charge in [-0.3, -0.25) is 10.00 Å². The number of halogens is 1. The molecule has 6 heteroatoms. The number of likely N-dealkylation sites (tertiary alicyclic amines) is 1. The van der Waals surface area contributed by atoms with Crippen molar-refractivity contribution in [1.82, 2.24) is 24.6 Å². The highest BCUT2D eigenvalue weighted by molar-refractivity contribution is 6.29. The minimum atomic E-state index is 0.639. The minimum absolute atomic E-state index is 0.639. The Balaban J connectivity index is 1.57. The van der Waals surface area contributed by atoms with Crippen LogP contribution < -0.4 is 0 Å². The van der Waals surface area contributed by atoms with E-state index >= 15 is 0 Å². The molecule has 3 rings (SSSR count). The Morgan fingerprint density at radius 2 is 2.16 bits per heavy atom. The van der Waals surface area contributed by atoms with Crippen molar-refractivity contribution in [3.63, 3.8) is 0 Å². The normalized spacial score (nSPS) is 18.0. The first-order chi connectivity index (χ1) is 9.24. The molecule has 0 radical (unpaired) electrons. The summed E-state index contributed by atoms with van der Waals surface area (Å²) >= 11 is 6.01. The van der Waals surface area contributed by atoms with Gasteiger partial charge in [-0.2, -0.15) is 5.10 Å². The van der Waals surface area contributed by atoms with E-state index in [9.17, 15) is 0 Å². The fraction of sp³-hybridized carbons (Fsp3) is 0.538. The van der Waals surface area contributed by atoms with Crippen molar-refractivity contribution in [3.8, 4) is 0 Å². The van der Waals surface area contributed by atoms with E-state index in [1.165, 1.54) is 18.4 Å². The molecule has 5 nitrogen and oxygen atoms in total. The highest BCUT2D eigenvalue weighted by atomic mass is 35.5. The highest BCUT2D eigenvalue weighted by Crippen LogP contribution is 2.27. The first-order valence-corrected chi connectivity index (χ1v) is 6.99. The summed E-state index contributed by atoms with van der Waals surface area (Å²) < 4.78 is 1.95. The molecule has 0 atom stereocenters. The molecule has 102 valence electrons. The third kappa shape index (κ3) is 2.67. The van der Waals surface area contributed by atoms with Crippen LogP contribution in [0.4, 0.5) is 0 Å². The lowest BCUT2D eigenvalue weighted by molar-refractivity contribution is 0.198. The number of nitrogens with one attached hydrogen (secondary N) is 1.